The fraction of sp³-hybridized carbons (Fsp3) is 0.353. The quantitative estimate of drug-likeness (QED) is 0.682. The number of rotatable bonds is 2. The highest BCUT2D eigenvalue weighted by Crippen LogP contribution is 2.22. The van der Waals surface area contributed by atoms with Gasteiger partial charge in [0.1, 0.15) is 11.8 Å². The fourth-order valence-corrected chi connectivity index (χ4v) is 2.82. The molecule has 0 saturated carbocycles. The van der Waals surface area contributed by atoms with Gasteiger partial charge in [-0.25, -0.2) is 9.78 Å². The third-order valence-corrected chi connectivity index (χ3v) is 3.69. The van der Waals surface area contributed by atoms with Gasteiger partial charge in [-0.05, 0) is 39.8 Å². The largest absolute Gasteiger partial charge is 0.461 e. The number of nitrogens with zero attached hydrogens (tertiary/aromatic N) is 3. The summed E-state index contributed by atoms with van der Waals surface area (Å²) in [6.45, 7) is 7.82. The lowest BCUT2D eigenvalue weighted by atomic mass is 10.1. The van der Waals surface area contributed by atoms with Crippen LogP contribution in [0.5, 0.6) is 0 Å². The van der Waals surface area contributed by atoms with Crippen molar-refractivity contribution in [3.63, 3.8) is 0 Å². The smallest absolute Gasteiger partial charge is 0.359 e. The first kappa shape index (κ1) is 15.3. The summed E-state index contributed by atoms with van der Waals surface area (Å²) in [6, 6.07) is 7.58. The monoisotopic (exact) mass is 313 g/mol. The molecule has 0 aliphatic rings. The van der Waals surface area contributed by atoms with E-state index in [0.29, 0.717) is 0 Å². The Kier molecular flexibility index (Phi) is 3.47. The van der Waals surface area contributed by atoms with Crippen LogP contribution in [0.2, 0.25) is 0 Å². The van der Waals surface area contributed by atoms with Gasteiger partial charge < -0.3 is 4.74 Å². The van der Waals surface area contributed by atoms with Crippen molar-refractivity contribution >= 4 is 22.5 Å². The molecule has 6 nitrogen and oxygen atoms in total. The van der Waals surface area contributed by atoms with Gasteiger partial charge in [0, 0.05) is 5.54 Å². The van der Waals surface area contributed by atoms with Gasteiger partial charge in [0.05, 0.1) is 17.6 Å². The van der Waals surface area contributed by atoms with Crippen LogP contribution in [-0.4, -0.2) is 26.5 Å². The second-order valence-corrected chi connectivity index (χ2v) is 6.33. The first-order valence-corrected chi connectivity index (χ1v) is 7.54. The molecule has 0 aliphatic carbocycles. The van der Waals surface area contributed by atoms with E-state index in [2.05, 4.69) is 4.98 Å². The molecule has 23 heavy (non-hydrogen) atoms. The lowest BCUT2D eigenvalue weighted by Crippen LogP contribution is -2.35. The molecule has 0 amide bonds. The van der Waals surface area contributed by atoms with Crippen molar-refractivity contribution < 1.29 is 9.53 Å². The van der Waals surface area contributed by atoms with Crippen LogP contribution in [0.4, 0.5) is 0 Å². The van der Waals surface area contributed by atoms with Crippen LogP contribution < -0.4 is 5.56 Å². The van der Waals surface area contributed by atoms with Gasteiger partial charge in [0.15, 0.2) is 5.69 Å². The van der Waals surface area contributed by atoms with E-state index in [1.54, 1.807) is 15.9 Å². The third-order valence-electron chi connectivity index (χ3n) is 3.69. The number of hydrogen-bond acceptors (Lipinski definition) is 4. The highest BCUT2D eigenvalue weighted by Gasteiger charge is 2.25. The summed E-state index contributed by atoms with van der Waals surface area (Å²) >= 11 is 0. The molecule has 3 aromatic rings. The van der Waals surface area contributed by atoms with Crippen LogP contribution >= 0.6 is 0 Å². The lowest BCUT2D eigenvalue weighted by molar-refractivity contribution is 0.0522. The van der Waals surface area contributed by atoms with Crippen molar-refractivity contribution in [2.24, 2.45) is 0 Å². The summed E-state index contributed by atoms with van der Waals surface area (Å²) in [4.78, 5) is 29.3. The Hall–Kier alpha value is -2.63. The Morgan fingerprint density at radius 3 is 2.48 bits per heavy atom. The van der Waals surface area contributed by atoms with Crippen molar-refractivity contribution in [1.29, 1.82) is 0 Å². The summed E-state index contributed by atoms with van der Waals surface area (Å²) in [7, 11) is 0. The second-order valence-electron chi connectivity index (χ2n) is 6.33. The third kappa shape index (κ3) is 2.30. The number of hydrogen-bond donors (Lipinski definition) is 0. The minimum absolute atomic E-state index is 0.0561. The van der Waals surface area contributed by atoms with Crippen molar-refractivity contribution in [1.82, 2.24) is 14.0 Å². The minimum Gasteiger partial charge on any atom is -0.461 e. The van der Waals surface area contributed by atoms with Gasteiger partial charge in [-0.1, -0.05) is 12.1 Å². The summed E-state index contributed by atoms with van der Waals surface area (Å²) in [6.07, 6.45) is 1.50. The van der Waals surface area contributed by atoms with Gasteiger partial charge in [0.2, 0.25) is 0 Å². The standard InChI is InChI=1S/C17H19N3O3/c1-5-23-16(22)13-14-15(21)20(17(2,3)4)12-9-7-6-8-11(12)19(14)10-18-13/h6-10H,5H2,1-4H3. The molecule has 0 radical (unpaired) electrons. The molecule has 0 unspecified atom stereocenters. The van der Waals surface area contributed by atoms with E-state index in [-0.39, 0.29) is 23.4 Å². The fourth-order valence-electron chi connectivity index (χ4n) is 2.82. The zero-order chi connectivity index (χ0) is 16.8. The summed E-state index contributed by atoms with van der Waals surface area (Å²) < 4.78 is 8.38. The molecule has 3 rings (SSSR count). The van der Waals surface area contributed by atoms with Gasteiger partial charge in [-0.3, -0.25) is 13.8 Å². The first-order valence-electron chi connectivity index (χ1n) is 7.54. The van der Waals surface area contributed by atoms with Crippen LogP contribution in [0.3, 0.4) is 0 Å². The predicted octanol–water partition coefficient (Wildman–Crippen LogP) is 2.58. The number of imidazole rings is 1. The van der Waals surface area contributed by atoms with E-state index in [1.165, 1.54) is 6.33 Å². The van der Waals surface area contributed by atoms with Crippen LogP contribution in [0.1, 0.15) is 38.2 Å². The molecule has 6 heteroatoms. The maximum absolute atomic E-state index is 13.1. The molecule has 2 heterocycles. The Labute approximate surface area is 133 Å². The highest BCUT2D eigenvalue weighted by molar-refractivity contribution is 5.96. The molecule has 1 aromatic carbocycles. The number of carbonyl (C=O) groups excluding carboxylic acids is 1. The topological polar surface area (TPSA) is 65.6 Å². The van der Waals surface area contributed by atoms with Gasteiger partial charge >= 0.3 is 5.97 Å². The average molecular weight is 313 g/mol. The highest BCUT2D eigenvalue weighted by atomic mass is 16.5. The van der Waals surface area contributed by atoms with Crippen molar-refractivity contribution in [2.45, 2.75) is 33.2 Å². The van der Waals surface area contributed by atoms with Crippen molar-refractivity contribution in [3.05, 3.63) is 46.6 Å². The van der Waals surface area contributed by atoms with E-state index in [4.69, 9.17) is 4.74 Å². The molecule has 0 aliphatic heterocycles. The van der Waals surface area contributed by atoms with Crippen molar-refractivity contribution in [3.8, 4) is 0 Å². The predicted molar refractivity (Wildman–Crippen MR) is 87.9 cm³/mol. The van der Waals surface area contributed by atoms with E-state index < -0.39 is 11.5 Å². The molecular formula is C17H19N3O3. The summed E-state index contributed by atoms with van der Waals surface area (Å²) in [5.41, 5.74) is 1.23. The van der Waals surface area contributed by atoms with Crippen LogP contribution in [0.25, 0.3) is 16.6 Å². The zero-order valence-corrected chi connectivity index (χ0v) is 13.7. The van der Waals surface area contributed by atoms with E-state index in [0.717, 1.165) is 11.0 Å². The Morgan fingerprint density at radius 2 is 1.87 bits per heavy atom. The number of benzene rings is 1. The zero-order valence-electron chi connectivity index (χ0n) is 13.7. The molecule has 0 atom stereocenters. The molecule has 0 N–H and O–H groups in total. The van der Waals surface area contributed by atoms with Gasteiger partial charge in [-0.2, -0.15) is 0 Å². The SMILES string of the molecule is CCOC(=O)c1ncn2c1c(=O)n(C(C)(C)C)c1ccccc12. The summed E-state index contributed by atoms with van der Waals surface area (Å²) in [5.74, 6) is -0.581. The maximum Gasteiger partial charge on any atom is 0.359 e. The molecule has 0 fully saturated rings. The van der Waals surface area contributed by atoms with Gasteiger partial charge in [-0.15, -0.1) is 0 Å². The number of ether oxygens (including phenoxy) is 1. The molecule has 0 saturated heterocycles. The molecule has 0 bridgehead atoms. The second kappa shape index (κ2) is 5.22. The minimum atomic E-state index is -0.581. The first-order chi connectivity index (χ1) is 10.9. The van der Waals surface area contributed by atoms with Crippen LogP contribution in [0, 0.1) is 0 Å². The Balaban J connectivity index is 2.51. The van der Waals surface area contributed by atoms with E-state index >= 15 is 0 Å². The lowest BCUT2D eigenvalue weighted by Gasteiger charge is -2.25. The van der Waals surface area contributed by atoms with Gasteiger partial charge in [0.25, 0.3) is 5.56 Å². The van der Waals surface area contributed by atoms with E-state index in [9.17, 15) is 9.59 Å². The van der Waals surface area contributed by atoms with E-state index in [1.807, 2.05) is 45.0 Å². The number of fused-ring (bicyclic) bond motifs is 3. The number of esters is 1. The average Bonchev–Trinajstić information content (AvgIpc) is 2.92. The summed E-state index contributed by atoms with van der Waals surface area (Å²) in [5, 5.41) is 0. The molecule has 120 valence electrons. The van der Waals surface area contributed by atoms with Crippen molar-refractivity contribution in [2.75, 3.05) is 6.61 Å². The molecule has 2 aromatic heterocycles. The maximum atomic E-state index is 13.1. The van der Waals surface area contributed by atoms with Crippen LogP contribution in [-0.2, 0) is 10.3 Å². The normalized spacial score (nSPS) is 12.0. The number of para-hydroxylation sites is 2. The van der Waals surface area contributed by atoms with Crippen LogP contribution in [0.15, 0.2) is 35.4 Å². The number of carbonyl (C=O) groups is 1. The molecular weight excluding hydrogens is 294 g/mol. The molecule has 0 spiro atoms. The Morgan fingerprint density at radius 1 is 1.22 bits per heavy atom. The number of aromatic nitrogens is 3. The Bertz CT molecular complexity index is 961.